The van der Waals surface area contributed by atoms with Gasteiger partial charge in [-0.1, -0.05) is 24.0 Å². The highest BCUT2D eigenvalue weighted by atomic mass is 19.4. The van der Waals surface area contributed by atoms with Gasteiger partial charge in [0.05, 0.1) is 73.3 Å². The van der Waals surface area contributed by atoms with Crippen LogP contribution in [0.4, 0.5) is 42.5 Å². The second kappa shape index (κ2) is 19.5. The van der Waals surface area contributed by atoms with Crippen molar-refractivity contribution in [3.8, 4) is 47.2 Å². The number of alkyl halides is 6. The maximum Gasteiger partial charge on any atom is 0.414 e. The molecule has 0 aliphatic rings. The number of esters is 2. The Bertz CT molecular complexity index is 2840. The zero-order valence-electron chi connectivity index (χ0n) is 36.4. The molecule has 0 atom stereocenters. The molecule has 0 saturated heterocycles. The van der Waals surface area contributed by atoms with E-state index < -0.39 is 55.4 Å². The van der Waals surface area contributed by atoms with Crippen molar-refractivity contribution in [3.05, 3.63) is 107 Å². The minimum atomic E-state index is -4.50. The molecule has 4 aromatic heterocycles. The second-order valence-electron chi connectivity index (χ2n) is 15.6. The molecule has 340 valence electrons. The average molecular weight is 903 g/mol. The van der Waals surface area contributed by atoms with Gasteiger partial charge in [-0.05, 0) is 82.1 Å². The first-order chi connectivity index (χ1) is 30.5. The van der Waals surface area contributed by atoms with Gasteiger partial charge in [-0.3, -0.25) is 13.7 Å². The van der Waals surface area contributed by atoms with Crippen molar-refractivity contribution in [3.63, 3.8) is 0 Å². The molecule has 1 amide bonds. The number of fused-ring (bicyclic) bond motifs is 2. The number of ether oxygens (including phenoxy) is 3. The van der Waals surface area contributed by atoms with Gasteiger partial charge in [-0.2, -0.15) is 26.3 Å². The minimum Gasteiger partial charge on any atom is -0.465 e. The maximum atomic E-state index is 13.1. The van der Waals surface area contributed by atoms with Crippen molar-refractivity contribution in [1.29, 1.82) is 0 Å². The zero-order chi connectivity index (χ0) is 48.0. The van der Waals surface area contributed by atoms with Crippen molar-refractivity contribution < 1.29 is 54.9 Å². The van der Waals surface area contributed by atoms with Crippen LogP contribution in [0.25, 0.3) is 33.8 Å². The maximum absolute atomic E-state index is 13.1. The Balaban J connectivity index is 0.000000250. The largest absolute Gasteiger partial charge is 0.465 e. The lowest BCUT2D eigenvalue weighted by atomic mass is 10.0. The van der Waals surface area contributed by atoms with Gasteiger partial charge >= 0.3 is 30.4 Å². The number of aryl methyl sites for hydroxylation is 2. The Morgan fingerprint density at radius 1 is 0.723 bits per heavy atom. The van der Waals surface area contributed by atoms with Crippen LogP contribution in [-0.4, -0.2) is 82.1 Å². The van der Waals surface area contributed by atoms with E-state index in [1.165, 1.54) is 26.5 Å². The number of pyridine rings is 2. The molecule has 0 radical (unpaired) electrons. The standard InChI is InChI=1S/C26H26F3N3O4.C21H18F3N3O2/c1-7-17-13-20(31(11-10-26(27,28)29)24(34)36-25(3,4)5)22-30-14-21(32(22)15-17)18-8-9-19(16(2)12-18)23(33)35-6;1-4-14-10-17(25-8-7-21(22,23)24)19-26-11-18(27(19)12-14)15-5-6-16(13(2)9-15)20(28)29-3/h1,8-9,12-15H,10-11H2,2-6H3;1,5-6,9-12,25H,7-8H2,2-3H3. The quantitative estimate of drug-likeness (QED) is 0.0618. The van der Waals surface area contributed by atoms with Crippen molar-refractivity contribution in [2.45, 2.75) is 65.4 Å². The van der Waals surface area contributed by atoms with Crippen LogP contribution in [0.15, 0.2) is 73.3 Å². The predicted molar refractivity (Wildman–Crippen MR) is 233 cm³/mol. The first-order valence-corrected chi connectivity index (χ1v) is 19.7. The summed E-state index contributed by atoms with van der Waals surface area (Å²) in [6.45, 7) is 7.42. The number of halogens is 6. The number of methoxy groups -OCH3 is 2. The SMILES string of the molecule is C#Cc1cc(N(CCC(F)(F)F)C(=O)OC(C)(C)C)c2ncc(-c3ccc(C(=O)OC)c(C)c3)n2c1.C#Cc1cc(NCCC(F)(F)F)c2ncc(-c3ccc(C(=O)OC)c(C)c3)n2c1. The van der Waals surface area contributed by atoms with Crippen molar-refractivity contribution in [2.24, 2.45) is 0 Å². The Kier molecular flexibility index (Phi) is 14.6. The minimum absolute atomic E-state index is 0.0816. The molecule has 12 nitrogen and oxygen atoms in total. The first-order valence-electron chi connectivity index (χ1n) is 19.7. The summed E-state index contributed by atoms with van der Waals surface area (Å²) in [5, 5.41) is 2.77. The summed E-state index contributed by atoms with van der Waals surface area (Å²) in [5.41, 5.74) is 5.96. The van der Waals surface area contributed by atoms with E-state index in [0.29, 0.717) is 56.1 Å². The zero-order valence-corrected chi connectivity index (χ0v) is 36.4. The number of hydrogen-bond donors (Lipinski definition) is 1. The number of terminal acetylenes is 2. The first kappa shape index (κ1) is 48.6. The van der Waals surface area contributed by atoms with Crippen LogP contribution in [0.2, 0.25) is 0 Å². The van der Waals surface area contributed by atoms with Crippen molar-refractivity contribution in [2.75, 3.05) is 37.5 Å². The van der Waals surface area contributed by atoms with Gasteiger partial charge in [-0.25, -0.2) is 24.4 Å². The lowest BCUT2D eigenvalue weighted by molar-refractivity contribution is -0.132. The van der Waals surface area contributed by atoms with Gasteiger partial charge < -0.3 is 19.5 Å². The van der Waals surface area contributed by atoms with E-state index in [1.807, 2.05) is 6.07 Å². The van der Waals surface area contributed by atoms with Gasteiger partial charge in [0, 0.05) is 47.7 Å². The molecule has 0 spiro atoms. The third-order valence-corrected chi connectivity index (χ3v) is 9.63. The lowest BCUT2D eigenvalue weighted by Gasteiger charge is -2.28. The van der Waals surface area contributed by atoms with Crippen LogP contribution in [-0.2, 0) is 14.2 Å². The van der Waals surface area contributed by atoms with E-state index in [0.717, 1.165) is 16.0 Å². The summed E-state index contributed by atoms with van der Waals surface area (Å²) in [6, 6.07) is 13.3. The van der Waals surface area contributed by atoms with E-state index in [4.69, 9.17) is 27.1 Å². The number of benzene rings is 2. The van der Waals surface area contributed by atoms with Gasteiger partial charge in [-0.15, -0.1) is 12.8 Å². The van der Waals surface area contributed by atoms with Crippen molar-refractivity contribution in [1.82, 2.24) is 18.8 Å². The molecule has 0 saturated carbocycles. The molecule has 18 heteroatoms. The molecule has 6 aromatic rings. The van der Waals surface area contributed by atoms with Crippen LogP contribution in [0.1, 0.15) is 76.6 Å². The van der Waals surface area contributed by atoms with E-state index >= 15 is 0 Å². The van der Waals surface area contributed by atoms with Crippen molar-refractivity contribution >= 4 is 40.7 Å². The van der Waals surface area contributed by atoms with Gasteiger partial charge in [0.2, 0.25) is 0 Å². The third kappa shape index (κ3) is 12.0. The molecule has 0 bridgehead atoms. The smallest absolute Gasteiger partial charge is 0.414 e. The number of anilines is 2. The predicted octanol–water partition coefficient (Wildman–Crippen LogP) is 10.2. The number of hydrogen-bond acceptors (Lipinski definition) is 9. The van der Waals surface area contributed by atoms with E-state index in [9.17, 15) is 40.7 Å². The molecule has 65 heavy (non-hydrogen) atoms. The second-order valence-corrected chi connectivity index (χ2v) is 15.6. The number of imidazole rings is 2. The molecule has 0 unspecified atom stereocenters. The summed E-state index contributed by atoms with van der Waals surface area (Å²) in [6.07, 6.45) is 5.63. The number of carbonyl (C=O) groups is 3. The van der Waals surface area contributed by atoms with E-state index in [2.05, 4.69) is 27.1 Å². The van der Waals surface area contributed by atoms with E-state index in [-0.39, 0.29) is 17.9 Å². The monoisotopic (exact) mass is 902 g/mol. The molecular formula is C47H44F6N6O6. The van der Waals surface area contributed by atoms with Gasteiger partial charge in [0.25, 0.3) is 0 Å². The number of rotatable bonds is 10. The molecule has 4 heterocycles. The normalized spacial score (nSPS) is 11.6. The Hall–Kier alpha value is -7.47. The fourth-order valence-electron chi connectivity index (χ4n) is 6.60. The Morgan fingerprint density at radius 3 is 1.65 bits per heavy atom. The van der Waals surface area contributed by atoms with Crippen LogP contribution in [0.5, 0.6) is 0 Å². The fraction of sp³-hybridized carbons (Fsp3) is 0.298. The Labute approximate surface area is 370 Å². The highest BCUT2D eigenvalue weighted by molar-refractivity contribution is 5.94. The third-order valence-electron chi connectivity index (χ3n) is 9.63. The summed E-state index contributed by atoms with van der Waals surface area (Å²) < 4.78 is 95.0. The molecule has 1 N–H and O–H groups in total. The van der Waals surface area contributed by atoms with Gasteiger partial charge in [0.15, 0.2) is 11.3 Å². The lowest BCUT2D eigenvalue weighted by Crippen LogP contribution is -2.39. The van der Waals surface area contributed by atoms with Crippen LogP contribution >= 0.6 is 0 Å². The van der Waals surface area contributed by atoms with Crippen LogP contribution < -0.4 is 10.2 Å². The highest BCUT2D eigenvalue weighted by Crippen LogP contribution is 2.33. The highest BCUT2D eigenvalue weighted by Gasteiger charge is 2.33. The summed E-state index contributed by atoms with van der Waals surface area (Å²) >= 11 is 0. The molecule has 0 fully saturated rings. The van der Waals surface area contributed by atoms with Crippen LogP contribution in [0, 0.1) is 38.5 Å². The Morgan fingerprint density at radius 2 is 1.20 bits per heavy atom. The molecule has 0 aliphatic carbocycles. The average Bonchev–Trinajstić information content (AvgIpc) is 3.87. The molecule has 6 rings (SSSR count). The van der Waals surface area contributed by atoms with Crippen LogP contribution in [0.3, 0.4) is 0 Å². The number of carbonyl (C=O) groups excluding carboxylic acids is 3. The fourth-order valence-corrected chi connectivity index (χ4v) is 6.60. The van der Waals surface area contributed by atoms with Gasteiger partial charge in [0.1, 0.15) is 5.60 Å². The number of nitrogens with one attached hydrogen (secondary N) is 1. The molecular weight excluding hydrogens is 859 g/mol. The van der Waals surface area contributed by atoms with E-state index in [1.54, 1.807) is 98.4 Å². The number of aromatic nitrogens is 4. The molecule has 0 aliphatic heterocycles. The molecule has 2 aromatic carbocycles. The topological polar surface area (TPSA) is 129 Å². The summed E-state index contributed by atoms with van der Waals surface area (Å²) in [7, 11) is 2.60. The summed E-state index contributed by atoms with van der Waals surface area (Å²) in [4.78, 5) is 46.4. The number of nitrogens with zero attached hydrogens (tertiary/aromatic N) is 5. The summed E-state index contributed by atoms with van der Waals surface area (Å²) in [5.74, 6) is 4.07. The number of amides is 1.